The SMILES string of the molecule is Cc1occc1C=CC(=O)Cl. The minimum atomic E-state index is -0.481. The molecule has 0 saturated carbocycles. The number of halogens is 1. The number of rotatable bonds is 2. The van der Waals surface area contributed by atoms with Crippen molar-refractivity contribution < 1.29 is 9.21 Å². The first-order valence-corrected chi connectivity index (χ1v) is 3.49. The molecule has 1 heterocycles. The zero-order valence-corrected chi connectivity index (χ0v) is 6.76. The molecule has 1 rings (SSSR count). The fourth-order valence-electron chi connectivity index (χ4n) is 0.723. The maximum absolute atomic E-state index is 10.3. The molecule has 0 atom stereocenters. The molecule has 2 nitrogen and oxygen atoms in total. The van der Waals surface area contributed by atoms with E-state index in [0.29, 0.717) is 0 Å². The lowest BCUT2D eigenvalue weighted by molar-refractivity contribution is -0.107. The van der Waals surface area contributed by atoms with Gasteiger partial charge in [0.2, 0.25) is 5.24 Å². The van der Waals surface area contributed by atoms with Crippen LogP contribution in [0, 0.1) is 6.92 Å². The third-order valence-corrected chi connectivity index (χ3v) is 1.42. The second kappa shape index (κ2) is 3.39. The van der Waals surface area contributed by atoms with Gasteiger partial charge in [0.15, 0.2) is 0 Å². The summed E-state index contributed by atoms with van der Waals surface area (Å²) in [6.07, 6.45) is 4.47. The van der Waals surface area contributed by atoms with Gasteiger partial charge in [-0.1, -0.05) is 0 Å². The molecule has 0 spiro atoms. The molecule has 0 saturated heterocycles. The molecule has 11 heavy (non-hydrogen) atoms. The molecular formula is C8H7ClO2. The highest BCUT2D eigenvalue weighted by molar-refractivity contribution is 6.66. The molecule has 0 radical (unpaired) electrons. The van der Waals surface area contributed by atoms with Crippen molar-refractivity contribution in [2.75, 3.05) is 0 Å². The minimum absolute atomic E-state index is 0.481. The molecule has 0 aromatic carbocycles. The van der Waals surface area contributed by atoms with Crippen LogP contribution >= 0.6 is 11.6 Å². The standard InChI is InChI=1S/C8H7ClO2/c1-6-7(4-5-11-6)2-3-8(9)10/h2-5H,1H3. The van der Waals surface area contributed by atoms with E-state index in [1.54, 1.807) is 18.4 Å². The molecule has 0 aliphatic carbocycles. The summed E-state index contributed by atoms with van der Waals surface area (Å²) in [7, 11) is 0. The summed E-state index contributed by atoms with van der Waals surface area (Å²) < 4.78 is 4.99. The summed E-state index contributed by atoms with van der Waals surface area (Å²) >= 11 is 5.09. The van der Waals surface area contributed by atoms with Crippen LogP contribution < -0.4 is 0 Å². The van der Waals surface area contributed by atoms with Crippen LogP contribution in [0.1, 0.15) is 11.3 Å². The predicted molar refractivity (Wildman–Crippen MR) is 43.3 cm³/mol. The molecule has 0 N–H and O–H groups in total. The smallest absolute Gasteiger partial charge is 0.245 e. The van der Waals surface area contributed by atoms with Crippen molar-refractivity contribution in [3.05, 3.63) is 29.7 Å². The highest BCUT2D eigenvalue weighted by atomic mass is 35.5. The Balaban J connectivity index is 2.79. The molecule has 0 fully saturated rings. The normalized spacial score (nSPS) is 10.7. The Morgan fingerprint density at radius 1 is 1.73 bits per heavy atom. The Labute approximate surface area is 69.5 Å². The van der Waals surface area contributed by atoms with Gasteiger partial charge in [-0.15, -0.1) is 0 Å². The van der Waals surface area contributed by atoms with Crippen molar-refractivity contribution >= 4 is 22.9 Å². The van der Waals surface area contributed by atoms with E-state index in [0.717, 1.165) is 11.3 Å². The molecule has 0 bridgehead atoms. The number of allylic oxidation sites excluding steroid dienone is 1. The van der Waals surface area contributed by atoms with Gasteiger partial charge in [-0.25, -0.2) is 0 Å². The summed E-state index contributed by atoms with van der Waals surface area (Å²) in [6, 6.07) is 1.77. The Morgan fingerprint density at radius 2 is 2.45 bits per heavy atom. The Kier molecular flexibility index (Phi) is 2.49. The Bertz CT molecular complexity index is 286. The molecular weight excluding hydrogens is 164 g/mol. The van der Waals surface area contributed by atoms with Crippen molar-refractivity contribution in [2.24, 2.45) is 0 Å². The van der Waals surface area contributed by atoms with Crippen LogP contribution in [0.4, 0.5) is 0 Å². The van der Waals surface area contributed by atoms with Crippen LogP contribution in [0.2, 0.25) is 0 Å². The lowest BCUT2D eigenvalue weighted by Gasteiger charge is -1.84. The van der Waals surface area contributed by atoms with Crippen LogP contribution in [0.25, 0.3) is 6.08 Å². The second-order valence-electron chi connectivity index (χ2n) is 2.07. The van der Waals surface area contributed by atoms with E-state index in [9.17, 15) is 4.79 Å². The van der Waals surface area contributed by atoms with Crippen molar-refractivity contribution in [1.82, 2.24) is 0 Å². The Hall–Kier alpha value is -1.02. The first-order valence-electron chi connectivity index (χ1n) is 3.12. The Morgan fingerprint density at radius 3 is 2.91 bits per heavy atom. The summed E-state index contributed by atoms with van der Waals surface area (Å²) in [5.41, 5.74) is 0.874. The highest BCUT2D eigenvalue weighted by Crippen LogP contribution is 2.10. The van der Waals surface area contributed by atoms with Gasteiger partial charge in [-0.3, -0.25) is 4.79 Å². The average Bonchev–Trinajstić information content (AvgIpc) is 2.31. The number of hydrogen-bond donors (Lipinski definition) is 0. The molecule has 58 valence electrons. The highest BCUT2D eigenvalue weighted by Gasteiger charge is 1.95. The predicted octanol–water partition coefficient (Wildman–Crippen LogP) is 2.37. The second-order valence-corrected chi connectivity index (χ2v) is 2.44. The van der Waals surface area contributed by atoms with E-state index in [4.69, 9.17) is 16.0 Å². The van der Waals surface area contributed by atoms with Crippen LogP contribution in [0.3, 0.4) is 0 Å². The summed E-state index contributed by atoms with van der Waals surface area (Å²) in [5, 5.41) is -0.481. The lowest BCUT2D eigenvalue weighted by Crippen LogP contribution is -1.75. The summed E-state index contributed by atoms with van der Waals surface area (Å²) in [5.74, 6) is 0.777. The minimum Gasteiger partial charge on any atom is -0.469 e. The van der Waals surface area contributed by atoms with Gasteiger partial charge in [0, 0.05) is 5.56 Å². The topological polar surface area (TPSA) is 30.2 Å². The van der Waals surface area contributed by atoms with E-state index in [-0.39, 0.29) is 0 Å². The fourth-order valence-corrected chi connectivity index (χ4v) is 0.786. The van der Waals surface area contributed by atoms with Crippen molar-refractivity contribution in [3.63, 3.8) is 0 Å². The largest absolute Gasteiger partial charge is 0.469 e. The van der Waals surface area contributed by atoms with Crippen LogP contribution in [-0.2, 0) is 4.79 Å². The molecule has 0 aliphatic rings. The third kappa shape index (κ3) is 2.24. The molecule has 1 aromatic rings. The van der Waals surface area contributed by atoms with Crippen molar-refractivity contribution in [2.45, 2.75) is 6.92 Å². The number of carbonyl (C=O) groups is 1. The molecule has 0 aliphatic heterocycles. The molecule has 0 unspecified atom stereocenters. The number of aryl methyl sites for hydroxylation is 1. The first kappa shape index (κ1) is 8.08. The van der Waals surface area contributed by atoms with Gasteiger partial charge in [0.1, 0.15) is 5.76 Å². The van der Waals surface area contributed by atoms with Crippen LogP contribution in [0.5, 0.6) is 0 Å². The number of carbonyl (C=O) groups excluding carboxylic acids is 1. The first-order chi connectivity index (χ1) is 5.20. The fraction of sp³-hybridized carbons (Fsp3) is 0.125. The number of hydrogen-bond acceptors (Lipinski definition) is 2. The lowest BCUT2D eigenvalue weighted by atomic mass is 10.2. The van der Waals surface area contributed by atoms with Crippen LogP contribution in [0.15, 0.2) is 22.8 Å². The van der Waals surface area contributed by atoms with Gasteiger partial charge in [0.05, 0.1) is 6.26 Å². The van der Waals surface area contributed by atoms with Gasteiger partial charge < -0.3 is 4.42 Å². The van der Waals surface area contributed by atoms with Crippen LogP contribution in [-0.4, -0.2) is 5.24 Å². The third-order valence-electron chi connectivity index (χ3n) is 1.29. The quantitative estimate of drug-likeness (QED) is 0.504. The van der Waals surface area contributed by atoms with Gasteiger partial charge in [0.25, 0.3) is 0 Å². The van der Waals surface area contributed by atoms with E-state index in [1.807, 2.05) is 6.92 Å². The summed E-state index contributed by atoms with van der Waals surface area (Å²) in [6.45, 7) is 1.82. The zero-order valence-electron chi connectivity index (χ0n) is 6.00. The average molecular weight is 171 g/mol. The van der Waals surface area contributed by atoms with E-state index in [2.05, 4.69) is 0 Å². The summed E-state index contributed by atoms with van der Waals surface area (Å²) in [4.78, 5) is 10.3. The zero-order chi connectivity index (χ0) is 8.27. The van der Waals surface area contributed by atoms with E-state index in [1.165, 1.54) is 6.08 Å². The monoisotopic (exact) mass is 170 g/mol. The molecule has 3 heteroatoms. The number of furan rings is 1. The molecule has 0 amide bonds. The van der Waals surface area contributed by atoms with E-state index >= 15 is 0 Å². The molecule has 1 aromatic heterocycles. The maximum Gasteiger partial charge on any atom is 0.245 e. The van der Waals surface area contributed by atoms with Crippen molar-refractivity contribution in [1.29, 1.82) is 0 Å². The van der Waals surface area contributed by atoms with Gasteiger partial charge in [-0.05, 0) is 36.7 Å². The van der Waals surface area contributed by atoms with Gasteiger partial charge >= 0.3 is 0 Å². The van der Waals surface area contributed by atoms with E-state index < -0.39 is 5.24 Å². The van der Waals surface area contributed by atoms with Gasteiger partial charge in [-0.2, -0.15) is 0 Å². The maximum atomic E-state index is 10.3. The van der Waals surface area contributed by atoms with Crippen molar-refractivity contribution in [3.8, 4) is 0 Å².